The van der Waals surface area contributed by atoms with Crippen LogP contribution in [0.4, 0.5) is 0 Å². The van der Waals surface area contributed by atoms with Crippen molar-refractivity contribution in [2.75, 3.05) is 0 Å². The van der Waals surface area contributed by atoms with Crippen molar-refractivity contribution in [2.24, 2.45) is 18.4 Å². The van der Waals surface area contributed by atoms with E-state index in [-0.39, 0.29) is 18.1 Å². The van der Waals surface area contributed by atoms with Gasteiger partial charge in [0.2, 0.25) is 5.78 Å². The molecule has 21 heavy (non-hydrogen) atoms. The lowest BCUT2D eigenvalue weighted by Gasteiger charge is -2.37. The van der Waals surface area contributed by atoms with E-state index in [0.717, 1.165) is 5.56 Å². The van der Waals surface area contributed by atoms with Gasteiger partial charge in [-0.3, -0.25) is 14.3 Å². The monoisotopic (exact) mass is 293 g/mol. The molecule has 0 spiro atoms. The van der Waals surface area contributed by atoms with Crippen LogP contribution in [-0.4, -0.2) is 32.7 Å². The summed E-state index contributed by atoms with van der Waals surface area (Å²) in [4.78, 5) is 24.2. The van der Waals surface area contributed by atoms with Crippen molar-refractivity contribution in [3.8, 4) is 0 Å². The van der Waals surface area contributed by atoms with Crippen LogP contribution in [-0.2, 0) is 16.6 Å². The number of ketones is 1. The number of aryl methyl sites for hydroxylation is 1. The number of aliphatic hydroxyl groups excluding tert-OH is 1. The number of aliphatic hydroxyl groups is 1. The summed E-state index contributed by atoms with van der Waals surface area (Å²) >= 11 is 0. The standard InChI is InChI=1S/C15H23N3O3/c1-15(2,3)13(20)14(21)17-12(9-5-11(19)6-9)10-7-16-18(4)8-10/h7-9,11-12,19H,5-6H2,1-4H3,(H,17,21). The number of carbonyl (C=O) groups is 2. The molecule has 2 rings (SSSR count). The maximum atomic E-state index is 12.2. The average Bonchev–Trinajstić information content (AvgIpc) is 2.76. The van der Waals surface area contributed by atoms with E-state index in [1.54, 1.807) is 38.7 Å². The molecule has 1 aliphatic rings. The highest BCUT2D eigenvalue weighted by molar-refractivity contribution is 6.37. The molecular formula is C15H23N3O3. The third kappa shape index (κ3) is 3.50. The number of hydrogen-bond donors (Lipinski definition) is 2. The van der Waals surface area contributed by atoms with Crippen molar-refractivity contribution >= 4 is 11.7 Å². The first-order chi connectivity index (χ1) is 9.68. The van der Waals surface area contributed by atoms with Crippen LogP contribution < -0.4 is 5.32 Å². The number of rotatable bonds is 4. The van der Waals surface area contributed by atoms with E-state index in [1.165, 1.54) is 0 Å². The number of hydrogen-bond acceptors (Lipinski definition) is 4. The van der Waals surface area contributed by atoms with Gasteiger partial charge in [-0.25, -0.2) is 0 Å². The summed E-state index contributed by atoms with van der Waals surface area (Å²) in [7, 11) is 1.80. The van der Waals surface area contributed by atoms with Crippen LogP contribution in [0.5, 0.6) is 0 Å². The molecule has 0 bridgehead atoms. The molecular weight excluding hydrogens is 270 g/mol. The first-order valence-corrected chi connectivity index (χ1v) is 7.20. The van der Waals surface area contributed by atoms with E-state index in [2.05, 4.69) is 10.4 Å². The number of nitrogens with one attached hydrogen (secondary N) is 1. The molecule has 6 nitrogen and oxygen atoms in total. The zero-order valence-corrected chi connectivity index (χ0v) is 13.0. The van der Waals surface area contributed by atoms with Gasteiger partial charge in [0.15, 0.2) is 0 Å². The molecule has 1 atom stereocenters. The Bertz CT molecular complexity index is 539. The number of Topliss-reactive ketones (excluding diaryl/α,β-unsaturated/α-hetero) is 1. The van der Waals surface area contributed by atoms with Crippen molar-refractivity contribution in [3.63, 3.8) is 0 Å². The predicted octanol–water partition coefficient (Wildman–Crippen LogP) is 0.963. The van der Waals surface area contributed by atoms with Crippen molar-refractivity contribution in [3.05, 3.63) is 18.0 Å². The van der Waals surface area contributed by atoms with Gasteiger partial charge in [0.05, 0.1) is 18.3 Å². The van der Waals surface area contributed by atoms with Gasteiger partial charge in [-0.2, -0.15) is 5.10 Å². The first kappa shape index (κ1) is 15.7. The zero-order valence-electron chi connectivity index (χ0n) is 13.0. The highest BCUT2D eigenvalue weighted by Gasteiger charge is 2.38. The molecule has 1 unspecified atom stereocenters. The Balaban J connectivity index is 2.13. The molecule has 1 aliphatic carbocycles. The summed E-state index contributed by atoms with van der Waals surface area (Å²) in [5.74, 6) is -0.866. The predicted molar refractivity (Wildman–Crippen MR) is 77.3 cm³/mol. The summed E-state index contributed by atoms with van der Waals surface area (Å²) in [6.45, 7) is 5.17. The fraction of sp³-hybridized carbons (Fsp3) is 0.667. The molecule has 1 amide bonds. The third-order valence-electron chi connectivity index (χ3n) is 3.88. The lowest BCUT2D eigenvalue weighted by molar-refractivity contribution is -0.143. The largest absolute Gasteiger partial charge is 0.393 e. The summed E-state index contributed by atoms with van der Waals surface area (Å²) in [6.07, 6.45) is 4.46. The van der Waals surface area contributed by atoms with E-state index in [9.17, 15) is 14.7 Å². The lowest BCUT2D eigenvalue weighted by atomic mass is 9.75. The second-order valence-electron chi connectivity index (χ2n) is 6.86. The van der Waals surface area contributed by atoms with Crippen LogP contribution in [0.25, 0.3) is 0 Å². The van der Waals surface area contributed by atoms with Crippen molar-refractivity contribution < 1.29 is 14.7 Å². The maximum absolute atomic E-state index is 12.2. The smallest absolute Gasteiger partial charge is 0.288 e. The van der Waals surface area contributed by atoms with Crippen molar-refractivity contribution in [1.29, 1.82) is 0 Å². The van der Waals surface area contributed by atoms with Gasteiger partial charge in [0.25, 0.3) is 5.91 Å². The van der Waals surface area contributed by atoms with Crippen LogP contribution in [0.2, 0.25) is 0 Å². The molecule has 2 N–H and O–H groups in total. The highest BCUT2D eigenvalue weighted by atomic mass is 16.3. The molecule has 1 aromatic heterocycles. The molecule has 0 saturated heterocycles. The van der Waals surface area contributed by atoms with E-state index >= 15 is 0 Å². The summed E-state index contributed by atoms with van der Waals surface area (Å²) < 4.78 is 1.66. The number of aromatic nitrogens is 2. The molecule has 116 valence electrons. The van der Waals surface area contributed by atoms with Crippen molar-refractivity contribution in [1.82, 2.24) is 15.1 Å². The van der Waals surface area contributed by atoms with Gasteiger partial charge < -0.3 is 10.4 Å². The SMILES string of the molecule is Cn1cc(C(NC(=O)C(=O)C(C)(C)C)C2CC(O)C2)cn1. The van der Waals surface area contributed by atoms with E-state index in [0.29, 0.717) is 12.8 Å². The highest BCUT2D eigenvalue weighted by Crippen LogP contribution is 2.38. The minimum absolute atomic E-state index is 0.140. The normalized spacial score (nSPS) is 23.3. The van der Waals surface area contributed by atoms with Crippen LogP contribution in [0.1, 0.15) is 45.2 Å². The van der Waals surface area contributed by atoms with Gasteiger partial charge in [0.1, 0.15) is 0 Å². The Morgan fingerprint density at radius 3 is 2.48 bits per heavy atom. The Labute approximate surface area is 124 Å². The Kier molecular flexibility index (Phi) is 4.18. The van der Waals surface area contributed by atoms with Crippen LogP contribution >= 0.6 is 0 Å². The summed E-state index contributed by atoms with van der Waals surface area (Å²) in [6, 6.07) is -0.277. The van der Waals surface area contributed by atoms with E-state index in [4.69, 9.17) is 0 Å². The zero-order chi connectivity index (χ0) is 15.8. The van der Waals surface area contributed by atoms with E-state index < -0.39 is 17.1 Å². The molecule has 6 heteroatoms. The average molecular weight is 293 g/mol. The Morgan fingerprint density at radius 2 is 2.05 bits per heavy atom. The van der Waals surface area contributed by atoms with Crippen molar-refractivity contribution in [2.45, 2.75) is 45.8 Å². The second-order valence-corrected chi connectivity index (χ2v) is 6.86. The van der Waals surface area contributed by atoms with Gasteiger partial charge in [-0.05, 0) is 18.8 Å². The number of amides is 1. The summed E-state index contributed by atoms with van der Waals surface area (Å²) in [5, 5.41) is 16.4. The molecule has 0 radical (unpaired) electrons. The quantitative estimate of drug-likeness (QED) is 0.810. The van der Waals surface area contributed by atoms with Gasteiger partial charge in [-0.15, -0.1) is 0 Å². The minimum Gasteiger partial charge on any atom is -0.393 e. The maximum Gasteiger partial charge on any atom is 0.288 e. The van der Waals surface area contributed by atoms with Gasteiger partial charge in [-0.1, -0.05) is 20.8 Å². The topological polar surface area (TPSA) is 84.2 Å². The molecule has 0 aliphatic heterocycles. The Hall–Kier alpha value is -1.69. The fourth-order valence-electron chi connectivity index (χ4n) is 2.52. The lowest BCUT2D eigenvalue weighted by Crippen LogP contribution is -2.45. The third-order valence-corrected chi connectivity index (χ3v) is 3.88. The fourth-order valence-corrected chi connectivity index (χ4v) is 2.52. The van der Waals surface area contributed by atoms with Crippen LogP contribution in [0.15, 0.2) is 12.4 Å². The van der Waals surface area contributed by atoms with Crippen LogP contribution in [0.3, 0.4) is 0 Å². The molecule has 1 heterocycles. The Morgan fingerprint density at radius 1 is 1.43 bits per heavy atom. The first-order valence-electron chi connectivity index (χ1n) is 7.20. The molecule has 1 fully saturated rings. The molecule has 0 aromatic carbocycles. The van der Waals surface area contributed by atoms with Gasteiger partial charge in [0, 0.05) is 24.2 Å². The number of carbonyl (C=O) groups excluding carboxylic acids is 2. The van der Waals surface area contributed by atoms with Gasteiger partial charge >= 0.3 is 0 Å². The minimum atomic E-state index is -0.706. The number of nitrogens with zero attached hydrogens (tertiary/aromatic N) is 2. The molecule has 1 saturated carbocycles. The second kappa shape index (κ2) is 5.60. The van der Waals surface area contributed by atoms with Crippen LogP contribution in [0, 0.1) is 11.3 Å². The molecule has 1 aromatic rings. The van der Waals surface area contributed by atoms with E-state index in [1.807, 2.05) is 6.20 Å². The summed E-state index contributed by atoms with van der Waals surface area (Å²) in [5.41, 5.74) is 0.160.